The molecule has 4 nitrogen and oxygen atoms in total. The first-order chi connectivity index (χ1) is 9.65. The smallest absolute Gasteiger partial charge is 0.259 e. The van der Waals surface area contributed by atoms with Crippen LogP contribution in [-0.4, -0.2) is 18.4 Å². The summed E-state index contributed by atoms with van der Waals surface area (Å²) < 4.78 is 0. The van der Waals surface area contributed by atoms with Crippen LogP contribution in [0.3, 0.4) is 0 Å². The molecule has 0 spiro atoms. The zero-order valence-electron chi connectivity index (χ0n) is 12.2. The molecule has 1 unspecified atom stereocenters. The number of benzene rings is 1. The van der Waals surface area contributed by atoms with Crippen LogP contribution >= 0.6 is 0 Å². The Morgan fingerprint density at radius 3 is 2.60 bits per heavy atom. The molecular weight excluding hydrogens is 252 g/mol. The molecule has 1 aromatic carbocycles. The van der Waals surface area contributed by atoms with Crippen molar-refractivity contribution in [2.75, 3.05) is 11.9 Å². The molecule has 108 valence electrons. The van der Waals surface area contributed by atoms with E-state index in [0.29, 0.717) is 17.0 Å². The zero-order chi connectivity index (χ0) is 14.5. The molecule has 1 atom stereocenters. The van der Waals surface area contributed by atoms with Gasteiger partial charge in [-0.2, -0.15) is 0 Å². The summed E-state index contributed by atoms with van der Waals surface area (Å²) in [7, 11) is 0. The van der Waals surface area contributed by atoms with Gasteiger partial charge < -0.3 is 5.32 Å². The van der Waals surface area contributed by atoms with Crippen molar-refractivity contribution in [2.24, 2.45) is 5.92 Å². The van der Waals surface area contributed by atoms with E-state index in [2.05, 4.69) is 24.5 Å². The van der Waals surface area contributed by atoms with Crippen molar-refractivity contribution < 1.29 is 9.59 Å². The van der Waals surface area contributed by atoms with Gasteiger partial charge in [0.2, 0.25) is 0 Å². The summed E-state index contributed by atoms with van der Waals surface area (Å²) in [6.45, 7) is 5.32. The average Bonchev–Trinajstić information content (AvgIpc) is 2.74. The lowest BCUT2D eigenvalue weighted by Crippen LogP contribution is -2.19. The fourth-order valence-electron chi connectivity index (χ4n) is 2.48. The number of carbonyl (C=O) groups excluding carboxylic acids is 2. The third-order valence-corrected chi connectivity index (χ3v) is 3.87. The van der Waals surface area contributed by atoms with Gasteiger partial charge in [-0.05, 0) is 30.5 Å². The molecule has 2 N–H and O–H groups in total. The van der Waals surface area contributed by atoms with E-state index < -0.39 is 0 Å². The molecule has 1 aliphatic heterocycles. The van der Waals surface area contributed by atoms with Gasteiger partial charge in [0.15, 0.2) is 0 Å². The summed E-state index contributed by atoms with van der Waals surface area (Å²) in [6, 6.07) is 5.34. The van der Waals surface area contributed by atoms with Crippen molar-refractivity contribution in [3.63, 3.8) is 0 Å². The Bertz CT molecular complexity index is 511. The van der Waals surface area contributed by atoms with Gasteiger partial charge in [0.1, 0.15) is 0 Å². The molecule has 0 fully saturated rings. The maximum Gasteiger partial charge on any atom is 0.259 e. The molecule has 1 aromatic rings. The summed E-state index contributed by atoms with van der Waals surface area (Å²) >= 11 is 0. The number of rotatable bonds is 7. The summed E-state index contributed by atoms with van der Waals surface area (Å²) in [5, 5.41) is 5.69. The fraction of sp³-hybridized carbons (Fsp3) is 0.500. The number of amides is 2. The number of unbranched alkanes of at least 4 members (excludes halogenated alkanes) is 1. The second-order valence-electron chi connectivity index (χ2n) is 5.34. The van der Waals surface area contributed by atoms with E-state index >= 15 is 0 Å². The highest BCUT2D eigenvalue weighted by molar-refractivity contribution is 6.21. The Balaban J connectivity index is 1.99. The number of anilines is 1. The Hall–Kier alpha value is -1.84. The third-order valence-electron chi connectivity index (χ3n) is 3.87. The zero-order valence-corrected chi connectivity index (χ0v) is 12.2. The Labute approximate surface area is 119 Å². The molecule has 0 saturated heterocycles. The lowest BCUT2D eigenvalue weighted by molar-refractivity contribution is 0.0879. The lowest BCUT2D eigenvalue weighted by atomic mass is 9.99. The monoisotopic (exact) mass is 274 g/mol. The van der Waals surface area contributed by atoms with Crippen LogP contribution in [0.4, 0.5) is 5.69 Å². The minimum Gasteiger partial charge on any atom is -0.385 e. The molecule has 4 heteroatoms. The molecule has 2 rings (SSSR count). The Kier molecular flexibility index (Phi) is 4.77. The van der Waals surface area contributed by atoms with Crippen LogP contribution in [0.2, 0.25) is 0 Å². The van der Waals surface area contributed by atoms with Crippen molar-refractivity contribution >= 4 is 17.5 Å². The summed E-state index contributed by atoms with van der Waals surface area (Å²) in [5.74, 6) is 0.0521. The van der Waals surface area contributed by atoms with E-state index in [9.17, 15) is 9.59 Å². The van der Waals surface area contributed by atoms with Crippen LogP contribution in [-0.2, 0) is 0 Å². The summed E-state index contributed by atoms with van der Waals surface area (Å²) in [5.41, 5.74) is 1.85. The van der Waals surface area contributed by atoms with Crippen LogP contribution in [0, 0.1) is 5.92 Å². The predicted molar refractivity (Wildman–Crippen MR) is 80.0 cm³/mol. The van der Waals surface area contributed by atoms with E-state index in [4.69, 9.17) is 0 Å². The van der Waals surface area contributed by atoms with Gasteiger partial charge in [0.25, 0.3) is 11.8 Å². The second kappa shape index (κ2) is 6.55. The Morgan fingerprint density at radius 1 is 1.15 bits per heavy atom. The van der Waals surface area contributed by atoms with Gasteiger partial charge in [-0.25, -0.2) is 0 Å². The highest BCUT2D eigenvalue weighted by Gasteiger charge is 2.26. The van der Waals surface area contributed by atoms with Crippen molar-refractivity contribution in [3.8, 4) is 0 Å². The minimum atomic E-state index is -0.300. The van der Waals surface area contributed by atoms with Crippen molar-refractivity contribution in [1.29, 1.82) is 0 Å². The number of imide groups is 1. The maximum absolute atomic E-state index is 11.6. The number of hydrogen-bond acceptors (Lipinski definition) is 3. The average molecular weight is 274 g/mol. The van der Waals surface area contributed by atoms with Gasteiger partial charge in [-0.3, -0.25) is 14.9 Å². The van der Waals surface area contributed by atoms with E-state index in [1.54, 1.807) is 12.1 Å². The molecule has 0 bridgehead atoms. The topological polar surface area (TPSA) is 58.2 Å². The molecule has 0 radical (unpaired) electrons. The molecule has 2 amide bonds. The highest BCUT2D eigenvalue weighted by Crippen LogP contribution is 2.21. The summed E-state index contributed by atoms with van der Waals surface area (Å²) in [4.78, 5) is 23.1. The van der Waals surface area contributed by atoms with Gasteiger partial charge in [-0.1, -0.05) is 33.1 Å². The van der Waals surface area contributed by atoms with E-state index in [1.807, 2.05) is 6.07 Å². The van der Waals surface area contributed by atoms with E-state index in [-0.39, 0.29) is 11.8 Å². The number of hydrogen-bond donors (Lipinski definition) is 2. The quantitative estimate of drug-likeness (QED) is 0.751. The van der Waals surface area contributed by atoms with Crippen molar-refractivity contribution in [3.05, 3.63) is 29.3 Å². The van der Waals surface area contributed by atoms with Gasteiger partial charge >= 0.3 is 0 Å². The Morgan fingerprint density at radius 2 is 1.90 bits per heavy atom. The maximum atomic E-state index is 11.6. The van der Waals surface area contributed by atoms with Crippen LogP contribution < -0.4 is 10.6 Å². The van der Waals surface area contributed by atoms with E-state index in [1.165, 1.54) is 19.3 Å². The van der Waals surface area contributed by atoms with Crippen LogP contribution in [0.5, 0.6) is 0 Å². The first kappa shape index (κ1) is 14.6. The van der Waals surface area contributed by atoms with E-state index in [0.717, 1.165) is 18.7 Å². The SMILES string of the molecule is CCCCC(CC)CNc1ccc2c(c1)C(=O)NC2=O. The van der Waals surface area contributed by atoms with Gasteiger partial charge in [0.05, 0.1) is 11.1 Å². The summed E-state index contributed by atoms with van der Waals surface area (Å²) in [6.07, 6.45) is 4.85. The van der Waals surface area contributed by atoms with Crippen LogP contribution in [0.25, 0.3) is 0 Å². The van der Waals surface area contributed by atoms with Crippen molar-refractivity contribution in [2.45, 2.75) is 39.5 Å². The molecule has 1 heterocycles. The van der Waals surface area contributed by atoms with Crippen LogP contribution in [0.1, 0.15) is 60.2 Å². The van der Waals surface area contributed by atoms with Gasteiger partial charge in [-0.15, -0.1) is 0 Å². The minimum absolute atomic E-state index is 0.299. The molecule has 0 aliphatic carbocycles. The van der Waals surface area contributed by atoms with Gasteiger partial charge in [0, 0.05) is 12.2 Å². The highest BCUT2D eigenvalue weighted by atomic mass is 16.2. The largest absolute Gasteiger partial charge is 0.385 e. The van der Waals surface area contributed by atoms with Crippen molar-refractivity contribution in [1.82, 2.24) is 5.32 Å². The first-order valence-corrected chi connectivity index (χ1v) is 7.39. The first-order valence-electron chi connectivity index (χ1n) is 7.39. The molecule has 1 aliphatic rings. The normalized spacial score (nSPS) is 14.9. The number of carbonyl (C=O) groups is 2. The third kappa shape index (κ3) is 3.18. The lowest BCUT2D eigenvalue weighted by Gasteiger charge is -2.16. The number of nitrogens with one attached hydrogen (secondary N) is 2. The molecular formula is C16H22N2O2. The van der Waals surface area contributed by atoms with Crippen LogP contribution in [0.15, 0.2) is 18.2 Å². The predicted octanol–water partition coefficient (Wildman–Crippen LogP) is 3.20. The fourth-order valence-corrected chi connectivity index (χ4v) is 2.48. The number of fused-ring (bicyclic) bond motifs is 1. The second-order valence-corrected chi connectivity index (χ2v) is 5.34. The molecule has 0 saturated carbocycles. The molecule has 0 aromatic heterocycles. The molecule has 20 heavy (non-hydrogen) atoms. The standard InChI is InChI=1S/C16H22N2O2/c1-3-5-6-11(4-2)10-17-12-7-8-13-14(9-12)16(20)18-15(13)19/h7-9,11,17H,3-6,10H2,1-2H3,(H,18,19,20).